The van der Waals surface area contributed by atoms with Crippen LogP contribution < -0.4 is 10.6 Å². The molecule has 1 aromatic heterocycles. The van der Waals surface area contributed by atoms with E-state index < -0.39 is 5.91 Å². The van der Waals surface area contributed by atoms with Gasteiger partial charge in [-0.3, -0.25) is 14.6 Å². The van der Waals surface area contributed by atoms with Gasteiger partial charge in [-0.1, -0.05) is 6.07 Å². The molecule has 0 bridgehead atoms. The molecule has 0 fully saturated rings. The van der Waals surface area contributed by atoms with Crippen molar-refractivity contribution in [3.05, 3.63) is 53.9 Å². The van der Waals surface area contributed by atoms with Crippen molar-refractivity contribution in [2.24, 2.45) is 0 Å². The summed E-state index contributed by atoms with van der Waals surface area (Å²) in [6, 6.07) is 8.61. The number of benzene rings is 1. The van der Waals surface area contributed by atoms with E-state index in [1.54, 1.807) is 18.2 Å². The summed E-state index contributed by atoms with van der Waals surface area (Å²) in [5, 5.41) is 23.8. The lowest BCUT2D eigenvalue weighted by atomic mass is 10.2. The van der Waals surface area contributed by atoms with Gasteiger partial charge in [0.25, 0.3) is 11.8 Å². The summed E-state index contributed by atoms with van der Waals surface area (Å²) in [5.41, 5.74) is 0.431. The van der Waals surface area contributed by atoms with E-state index >= 15 is 0 Å². The molecule has 114 valence electrons. The zero-order valence-electron chi connectivity index (χ0n) is 11.6. The maximum absolute atomic E-state index is 11.8. The number of hydrogen-bond donors (Lipinski definition) is 4. The predicted octanol–water partition coefficient (Wildman–Crippen LogP) is 0.653. The SMILES string of the molecule is O=C(NCCNC(=O)c1ccccn1)c1cc(O)cc(O)c1. The Hall–Kier alpha value is -3.09. The smallest absolute Gasteiger partial charge is 0.269 e. The van der Waals surface area contributed by atoms with Gasteiger partial charge in [0.05, 0.1) is 0 Å². The molecule has 7 heteroatoms. The molecular weight excluding hydrogens is 286 g/mol. The largest absolute Gasteiger partial charge is 0.508 e. The highest BCUT2D eigenvalue weighted by atomic mass is 16.3. The monoisotopic (exact) mass is 301 g/mol. The quantitative estimate of drug-likeness (QED) is 0.606. The van der Waals surface area contributed by atoms with Crippen LogP contribution in [0.25, 0.3) is 0 Å². The number of nitrogens with zero attached hydrogens (tertiary/aromatic N) is 1. The lowest BCUT2D eigenvalue weighted by Gasteiger charge is -2.07. The Kier molecular flexibility index (Phi) is 4.92. The van der Waals surface area contributed by atoms with Crippen LogP contribution in [0.2, 0.25) is 0 Å². The fourth-order valence-corrected chi connectivity index (χ4v) is 1.77. The number of pyridine rings is 1. The standard InChI is InChI=1S/C15H15N3O4/c19-11-7-10(8-12(20)9-11)14(21)17-5-6-18-15(22)13-3-1-2-4-16-13/h1-4,7-9,19-20H,5-6H2,(H,17,21)(H,18,22). The summed E-state index contributed by atoms with van der Waals surface area (Å²) in [6.07, 6.45) is 1.52. The number of carbonyl (C=O) groups is 2. The van der Waals surface area contributed by atoms with Crippen LogP contribution >= 0.6 is 0 Å². The highest BCUT2D eigenvalue weighted by molar-refractivity contribution is 5.95. The first-order chi connectivity index (χ1) is 10.6. The van der Waals surface area contributed by atoms with Crippen molar-refractivity contribution >= 4 is 11.8 Å². The highest BCUT2D eigenvalue weighted by Crippen LogP contribution is 2.20. The van der Waals surface area contributed by atoms with E-state index in [2.05, 4.69) is 15.6 Å². The molecule has 1 heterocycles. The number of amides is 2. The van der Waals surface area contributed by atoms with E-state index in [0.29, 0.717) is 5.69 Å². The lowest BCUT2D eigenvalue weighted by Crippen LogP contribution is -2.34. The van der Waals surface area contributed by atoms with Gasteiger partial charge in [-0.2, -0.15) is 0 Å². The lowest BCUT2D eigenvalue weighted by molar-refractivity contribution is 0.0925. The minimum absolute atomic E-state index is 0.133. The minimum atomic E-state index is -0.460. The van der Waals surface area contributed by atoms with Crippen molar-refractivity contribution in [2.45, 2.75) is 0 Å². The molecule has 0 aliphatic heterocycles. The zero-order chi connectivity index (χ0) is 15.9. The van der Waals surface area contributed by atoms with E-state index in [4.69, 9.17) is 0 Å². The fraction of sp³-hybridized carbons (Fsp3) is 0.133. The third-order valence-corrected chi connectivity index (χ3v) is 2.76. The Balaban J connectivity index is 1.79. The maximum atomic E-state index is 11.8. The van der Waals surface area contributed by atoms with Gasteiger partial charge in [0.2, 0.25) is 0 Å². The molecule has 0 radical (unpaired) electrons. The molecule has 0 spiro atoms. The summed E-state index contributed by atoms with van der Waals surface area (Å²) >= 11 is 0. The molecule has 0 unspecified atom stereocenters. The van der Waals surface area contributed by atoms with Gasteiger partial charge in [0, 0.05) is 30.9 Å². The van der Waals surface area contributed by atoms with Crippen LogP contribution in [0.1, 0.15) is 20.8 Å². The van der Waals surface area contributed by atoms with Gasteiger partial charge in [-0.05, 0) is 24.3 Å². The average Bonchev–Trinajstić information content (AvgIpc) is 2.51. The van der Waals surface area contributed by atoms with Crippen LogP contribution in [0.5, 0.6) is 11.5 Å². The third-order valence-electron chi connectivity index (χ3n) is 2.76. The van der Waals surface area contributed by atoms with Crippen LogP contribution in [-0.4, -0.2) is 40.1 Å². The van der Waals surface area contributed by atoms with Crippen LogP contribution in [-0.2, 0) is 0 Å². The first-order valence-corrected chi connectivity index (χ1v) is 6.57. The first kappa shape index (κ1) is 15.3. The Morgan fingerprint density at radius 1 is 0.955 bits per heavy atom. The number of phenols is 2. The number of aromatic hydroxyl groups is 2. The van der Waals surface area contributed by atoms with Gasteiger partial charge >= 0.3 is 0 Å². The Morgan fingerprint density at radius 2 is 1.59 bits per heavy atom. The average molecular weight is 301 g/mol. The molecule has 22 heavy (non-hydrogen) atoms. The van der Waals surface area contributed by atoms with Gasteiger partial charge < -0.3 is 20.8 Å². The Labute approximate surface area is 126 Å². The van der Waals surface area contributed by atoms with E-state index in [-0.39, 0.29) is 36.1 Å². The molecule has 0 saturated heterocycles. The number of nitrogens with one attached hydrogen (secondary N) is 2. The summed E-state index contributed by atoms with van der Waals surface area (Å²) in [7, 11) is 0. The second kappa shape index (κ2) is 7.07. The number of hydrogen-bond acceptors (Lipinski definition) is 5. The van der Waals surface area contributed by atoms with Gasteiger partial charge in [-0.15, -0.1) is 0 Å². The molecule has 0 aliphatic carbocycles. The van der Waals surface area contributed by atoms with E-state index in [1.807, 2.05) is 0 Å². The van der Waals surface area contributed by atoms with Crippen LogP contribution in [0.15, 0.2) is 42.6 Å². The third kappa shape index (κ3) is 4.20. The zero-order valence-corrected chi connectivity index (χ0v) is 11.6. The minimum Gasteiger partial charge on any atom is -0.508 e. The molecule has 4 N–H and O–H groups in total. The summed E-state index contributed by atoms with van der Waals surface area (Å²) in [6.45, 7) is 0.430. The van der Waals surface area contributed by atoms with Crippen molar-refractivity contribution in [2.75, 3.05) is 13.1 Å². The van der Waals surface area contributed by atoms with Crippen LogP contribution in [0.4, 0.5) is 0 Å². The van der Waals surface area contributed by atoms with Crippen LogP contribution in [0, 0.1) is 0 Å². The summed E-state index contributed by atoms with van der Waals surface area (Å²) in [4.78, 5) is 27.4. The van der Waals surface area contributed by atoms with Crippen molar-refractivity contribution in [1.82, 2.24) is 15.6 Å². The number of carbonyl (C=O) groups excluding carboxylic acids is 2. The fourth-order valence-electron chi connectivity index (χ4n) is 1.77. The normalized spacial score (nSPS) is 10.0. The van der Waals surface area contributed by atoms with Gasteiger partial charge in [0.1, 0.15) is 17.2 Å². The summed E-state index contributed by atoms with van der Waals surface area (Å²) in [5.74, 6) is -1.19. The highest BCUT2D eigenvalue weighted by Gasteiger charge is 2.09. The van der Waals surface area contributed by atoms with E-state index in [0.717, 1.165) is 6.07 Å². The molecule has 2 rings (SSSR count). The molecular formula is C15H15N3O4. The first-order valence-electron chi connectivity index (χ1n) is 6.57. The van der Waals surface area contributed by atoms with Crippen molar-refractivity contribution < 1.29 is 19.8 Å². The number of rotatable bonds is 5. The molecule has 0 saturated carbocycles. The van der Waals surface area contributed by atoms with Gasteiger partial charge in [-0.25, -0.2) is 0 Å². The van der Waals surface area contributed by atoms with Gasteiger partial charge in [0.15, 0.2) is 0 Å². The second-order valence-electron chi connectivity index (χ2n) is 4.46. The van der Waals surface area contributed by atoms with E-state index in [9.17, 15) is 19.8 Å². The Bertz CT molecular complexity index is 653. The molecule has 2 amide bonds. The molecule has 1 aromatic carbocycles. The molecule has 7 nitrogen and oxygen atoms in total. The van der Waals surface area contributed by atoms with Crippen LogP contribution in [0.3, 0.4) is 0 Å². The topological polar surface area (TPSA) is 112 Å². The molecule has 0 aliphatic rings. The Morgan fingerprint density at radius 3 is 2.18 bits per heavy atom. The van der Waals surface area contributed by atoms with Crippen molar-refractivity contribution in [3.8, 4) is 11.5 Å². The summed E-state index contributed by atoms with van der Waals surface area (Å²) < 4.78 is 0. The second-order valence-corrected chi connectivity index (χ2v) is 4.46. The molecule has 2 aromatic rings. The molecule has 0 atom stereocenters. The van der Waals surface area contributed by atoms with Crippen molar-refractivity contribution in [1.29, 1.82) is 0 Å². The van der Waals surface area contributed by atoms with E-state index in [1.165, 1.54) is 18.3 Å². The number of aromatic nitrogens is 1. The number of phenolic OH excluding ortho intramolecular Hbond substituents is 2. The predicted molar refractivity (Wildman–Crippen MR) is 78.7 cm³/mol. The van der Waals surface area contributed by atoms with Crippen molar-refractivity contribution in [3.63, 3.8) is 0 Å². The maximum Gasteiger partial charge on any atom is 0.269 e.